The van der Waals surface area contributed by atoms with Gasteiger partial charge in [0.1, 0.15) is 5.66 Å². The molecule has 0 saturated carbocycles. The van der Waals surface area contributed by atoms with E-state index in [1.165, 1.54) is 0 Å². The van der Waals surface area contributed by atoms with Crippen LogP contribution in [0, 0.1) is 6.92 Å². The van der Waals surface area contributed by atoms with E-state index in [2.05, 4.69) is 30.2 Å². The van der Waals surface area contributed by atoms with Crippen molar-refractivity contribution in [3.8, 4) is 0 Å². The summed E-state index contributed by atoms with van der Waals surface area (Å²) in [6, 6.07) is 13.4. The van der Waals surface area contributed by atoms with E-state index in [0.717, 1.165) is 41.9 Å². The number of nitrogens with one attached hydrogen (secondary N) is 1. The lowest BCUT2D eigenvalue weighted by Crippen LogP contribution is -2.63. The van der Waals surface area contributed by atoms with E-state index in [1.807, 2.05) is 36.4 Å². The van der Waals surface area contributed by atoms with E-state index < -0.39 is 0 Å². The Balaban J connectivity index is 1.79. The normalized spacial score (nSPS) is 22.4. The molecule has 1 N–H and O–H groups in total. The van der Waals surface area contributed by atoms with Crippen molar-refractivity contribution in [1.29, 1.82) is 0 Å². The highest BCUT2D eigenvalue weighted by Crippen LogP contribution is 2.44. The van der Waals surface area contributed by atoms with Crippen molar-refractivity contribution in [3.05, 3.63) is 58.6 Å². The van der Waals surface area contributed by atoms with Crippen LogP contribution in [0.15, 0.2) is 42.5 Å². The molecule has 5 heteroatoms. The molecule has 0 spiro atoms. The SMILES string of the molecule is Cc1cccc2c1N1CCCC1(C)N(Nc1ccc(Cl)cc1)C2=O. The third kappa shape index (κ3) is 2.17. The molecule has 2 aliphatic heterocycles. The number of halogens is 1. The standard InChI is InChI=1S/C19H20ClN3O/c1-13-5-3-6-16-17(13)22-12-4-11-19(22,2)23(18(16)24)21-15-9-7-14(20)8-10-15/h3,5-10,21H,4,11-12H2,1-2H3. The van der Waals surface area contributed by atoms with Crippen LogP contribution in [0.25, 0.3) is 0 Å². The van der Waals surface area contributed by atoms with Crippen LogP contribution in [-0.4, -0.2) is 23.1 Å². The van der Waals surface area contributed by atoms with Gasteiger partial charge in [0.15, 0.2) is 0 Å². The fourth-order valence-electron chi connectivity index (χ4n) is 3.89. The second-order valence-electron chi connectivity index (χ2n) is 6.70. The lowest BCUT2D eigenvalue weighted by molar-refractivity contribution is 0.0579. The zero-order valence-corrected chi connectivity index (χ0v) is 14.6. The molecule has 0 radical (unpaired) electrons. The Kier molecular flexibility index (Phi) is 3.46. The maximum atomic E-state index is 13.2. The Morgan fingerprint density at radius 1 is 1.17 bits per heavy atom. The first kappa shape index (κ1) is 15.3. The van der Waals surface area contributed by atoms with Crippen molar-refractivity contribution in [1.82, 2.24) is 5.01 Å². The van der Waals surface area contributed by atoms with Gasteiger partial charge in [-0.1, -0.05) is 23.7 Å². The number of para-hydroxylation sites is 1. The first-order valence-electron chi connectivity index (χ1n) is 8.25. The van der Waals surface area contributed by atoms with Crippen LogP contribution in [0.5, 0.6) is 0 Å². The molecule has 2 heterocycles. The third-order valence-electron chi connectivity index (χ3n) is 5.12. The van der Waals surface area contributed by atoms with Crippen LogP contribution in [0.2, 0.25) is 5.02 Å². The van der Waals surface area contributed by atoms with Gasteiger partial charge >= 0.3 is 0 Å². The molecule has 1 amide bonds. The van der Waals surface area contributed by atoms with Gasteiger partial charge in [-0.25, -0.2) is 5.01 Å². The molecular weight excluding hydrogens is 322 g/mol. The van der Waals surface area contributed by atoms with Crippen molar-refractivity contribution in [2.24, 2.45) is 0 Å². The van der Waals surface area contributed by atoms with Gasteiger partial charge in [0.25, 0.3) is 5.91 Å². The number of aryl methyl sites for hydroxylation is 1. The Labute approximate surface area is 147 Å². The summed E-state index contributed by atoms with van der Waals surface area (Å²) < 4.78 is 0. The van der Waals surface area contributed by atoms with E-state index in [1.54, 1.807) is 5.01 Å². The van der Waals surface area contributed by atoms with Gasteiger partial charge < -0.3 is 4.90 Å². The van der Waals surface area contributed by atoms with Gasteiger partial charge in [0, 0.05) is 11.6 Å². The summed E-state index contributed by atoms with van der Waals surface area (Å²) in [5, 5.41) is 2.46. The molecule has 2 aromatic carbocycles. The summed E-state index contributed by atoms with van der Waals surface area (Å²) in [4.78, 5) is 15.6. The first-order valence-corrected chi connectivity index (χ1v) is 8.62. The fourth-order valence-corrected chi connectivity index (χ4v) is 4.01. The van der Waals surface area contributed by atoms with Crippen LogP contribution >= 0.6 is 11.6 Å². The number of hydrogen-bond donors (Lipinski definition) is 1. The minimum atomic E-state index is -0.365. The highest BCUT2D eigenvalue weighted by molar-refractivity contribution is 6.30. The summed E-state index contributed by atoms with van der Waals surface area (Å²) >= 11 is 5.97. The average Bonchev–Trinajstić information content (AvgIpc) is 2.96. The summed E-state index contributed by atoms with van der Waals surface area (Å²) in [5.74, 6) is 0.0179. The lowest BCUT2D eigenvalue weighted by Gasteiger charge is -2.50. The number of amides is 1. The van der Waals surface area contributed by atoms with E-state index in [4.69, 9.17) is 11.6 Å². The topological polar surface area (TPSA) is 35.6 Å². The van der Waals surface area contributed by atoms with E-state index in [0.29, 0.717) is 5.02 Å². The van der Waals surface area contributed by atoms with Crippen LogP contribution in [0.1, 0.15) is 35.7 Å². The number of anilines is 2. The molecule has 124 valence electrons. The number of carbonyl (C=O) groups excluding carboxylic acids is 1. The Bertz CT molecular complexity index is 805. The molecule has 1 saturated heterocycles. The Morgan fingerprint density at radius 3 is 2.67 bits per heavy atom. The number of benzene rings is 2. The molecule has 4 nitrogen and oxygen atoms in total. The molecule has 0 aromatic heterocycles. The maximum absolute atomic E-state index is 13.2. The summed E-state index contributed by atoms with van der Waals surface area (Å²) in [5.41, 5.74) is 6.80. The molecule has 1 unspecified atom stereocenters. The quantitative estimate of drug-likeness (QED) is 0.876. The van der Waals surface area contributed by atoms with Crippen LogP contribution in [-0.2, 0) is 0 Å². The molecule has 24 heavy (non-hydrogen) atoms. The number of carbonyl (C=O) groups is 1. The lowest BCUT2D eigenvalue weighted by atomic mass is 9.97. The molecule has 2 aliphatic rings. The largest absolute Gasteiger partial charge is 0.346 e. The fraction of sp³-hybridized carbons (Fsp3) is 0.316. The van der Waals surface area contributed by atoms with Gasteiger partial charge in [0.2, 0.25) is 0 Å². The number of hydrogen-bond acceptors (Lipinski definition) is 3. The minimum absolute atomic E-state index is 0.0179. The first-order chi connectivity index (χ1) is 11.5. The molecule has 0 aliphatic carbocycles. The summed E-state index contributed by atoms with van der Waals surface area (Å²) in [7, 11) is 0. The minimum Gasteiger partial charge on any atom is -0.346 e. The molecule has 1 atom stereocenters. The number of rotatable bonds is 2. The van der Waals surface area contributed by atoms with Gasteiger partial charge in [-0.2, -0.15) is 0 Å². The van der Waals surface area contributed by atoms with Crippen molar-refractivity contribution in [2.75, 3.05) is 16.9 Å². The van der Waals surface area contributed by atoms with E-state index in [-0.39, 0.29) is 11.6 Å². The van der Waals surface area contributed by atoms with E-state index >= 15 is 0 Å². The maximum Gasteiger partial charge on any atom is 0.276 e. The van der Waals surface area contributed by atoms with Gasteiger partial charge in [-0.15, -0.1) is 0 Å². The monoisotopic (exact) mass is 341 g/mol. The number of fused-ring (bicyclic) bond motifs is 3. The zero-order valence-electron chi connectivity index (χ0n) is 13.8. The van der Waals surface area contributed by atoms with E-state index in [9.17, 15) is 4.79 Å². The predicted octanol–water partition coefficient (Wildman–Crippen LogP) is 4.45. The smallest absolute Gasteiger partial charge is 0.276 e. The number of nitrogens with zero attached hydrogens (tertiary/aromatic N) is 2. The van der Waals surface area contributed by atoms with Crippen molar-refractivity contribution >= 4 is 28.9 Å². The number of hydrazine groups is 1. The van der Waals surface area contributed by atoms with Crippen molar-refractivity contribution in [3.63, 3.8) is 0 Å². The zero-order chi connectivity index (χ0) is 16.9. The molecule has 4 rings (SSSR count). The Morgan fingerprint density at radius 2 is 1.92 bits per heavy atom. The van der Waals surface area contributed by atoms with Gasteiger partial charge in [-0.3, -0.25) is 10.2 Å². The van der Waals surface area contributed by atoms with Gasteiger partial charge in [-0.05, 0) is 62.6 Å². The average molecular weight is 342 g/mol. The summed E-state index contributed by atoms with van der Waals surface area (Å²) in [6.07, 6.45) is 2.00. The molecular formula is C19H20ClN3O. The van der Waals surface area contributed by atoms with Crippen molar-refractivity contribution in [2.45, 2.75) is 32.4 Å². The Hall–Kier alpha value is -2.20. The van der Waals surface area contributed by atoms with Crippen LogP contribution in [0.3, 0.4) is 0 Å². The second kappa shape index (κ2) is 5.42. The van der Waals surface area contributed by atoms with Crippen molar-refractivity contribution < 1.29 is 4.79 Å². The van der Waals surface area contributed by atoms with Crippen LogP contribution < -0.4 is 10.3 Å². The van der Waals surface area contributed by atoms with Crippen LogP contribution in [0.4, 0.5) is 11.4 Å². The molecule has 2 aromatic rings. The second-order valence-corrected chi connectivity index (χ2v) is 7.14. The summed E-state index contributed by atoms with van der Waals surface area (Å²) in [6.45, 7) is 5.17. The molecule has 0 bridgehead atoms. The van der Waals surface area contributed by atoms with Gasteiger partial charge in [0.05, 0.1) is 16.9 Å². The highest BCUT2D eigenvalue weighted by Gasteiger charge is 2.50. The third-order valence-corrected chi connectivity index (χ3v) is 5.37. The predicted molar refractivity (Wildman–Crippen MR) is 97.4 cm³/mol. The molecule has 1 fully saturated rings. The highest BCUT2D eigenvalue weighted by atomic mass is 35.5.